The van der Waals surface area contributed by atoms with E-state index >= 15 is 0 Å². The molecule has 2 N–H and O–H groups in total. The largest absolute Gasteiger partial charge is 0.397 e. The molecule has 1 aromatic carbocycles. The van der Waals surface area contributed by atoms with Gasteiger partial charge in [-0.1, -0.05) is 19.4 Å². The SMILES string of the molecule is CCCc1c(-c2ccc(Br)c(F)c2)sc(C#N)c1N. The lowest BCUT2D eigenvalue weighted by molar-refractivity contribution is 0.621. The fourth-order valence-corrected chi connectivity index (χ4v) is 3.24. The lowest BCUT2D eigenvalue weighted by atomic mass is 10.0. The number of nitrogens with two attached hydrogens (primary N) is 1. The molecule has 0 bridgehead atoms. The highest BCUT2D eigenvalue weighted by molar-refractivity contribution is 9.10. The number of anilines is 1. The summed E-state index contributed by atoms with van der Waals surface area (Å²) in [5.74, 6) is -0.314. The zero-order valence-corrected chi connectivity index (χ0v) is 12.7. The fraction of sp³-hybridized carbons (Fsp3) is 0.214. The van der Waals surface area contributed by atoms with E-state index in [2.05, 4.69) is 28.9 Å². The maximum absolute atomic E-state index is 13.6. The first-order valence-corrected chi connectivity index (χ1v) is 7.46. The van der Waals surface area contributed by atoms with Crippen LogP contribution in [0.25, 0.3) is 10.4 Å². The van der Waals surface area contributed by atoms with Gasteiger partial charge in [0.2, 0.25) is 0 Å². The number of halogens is 2. The molecule has 0 aliphatic rings. The third-order valence-corrected chi connectivity index (χ3v) is 4.68. The van der Waals surface area contributed by atoms with Crippen molar-refractivity contribution in [3.05, 3.63) is 38.9 Å². The second-order valence-electron chi connectivity index (χ2n) is 4.14. The molecule has 0 aliphatic heterocycles. The first-order chi connectivity index (χ1) is 9.08. The van der Waals surface area contributed by atoms with Gasteiger partial charge in [0.25, 0.3) is 0 Å². The fourth-order valence-electron chi connectivity index (χ4n) is 1.93. The highest BCUT2D eigenvalue weighted by atomic mass is 79.9. The second kappa shape index (κ2) is 5.72. The number of nitrogen functional groups attached to an aromatic ring is 1. The first kappa shape index (κ1) is 14.0. The molecule has 0 aliphatic carbocycles. The summed E-state index contributed by atoms with van der Waals surface area (Å²) in [6, 6.07) is 7.07. The minimum Gasteiger partial charge on any atom is -0.397 e. The summed E-state index contributed by atoms with van der Waals surface area (Å²) in [7, 11) is 0. The molecule has 0 saturated heterocycles. The number of thiophene rings is 1. The first-order valence-electron chi connectivity index (χ1n) is 5.85. The predicted molar refractivity (Wildman–Crippen MR) is 80.5 cm³/mol. The zero-order chi connectivity index (χ0) is 14.0. The Morgan fingerprint density at radius 1 is 1.47 bits per heavy atom. The molecule has 0 unspecified atom stereocenters. The Balaban J connectivity index is 2.60. The minimum atomic E-state index is -0.314. The molecule has 0 spiro atoms. The second-order valence-corrected chi connectivity index (χ2v) is 6.02. The van der Waals surface area contributed by atoms with Crippen molar-refractivity contribution in [3.8, 4) is 16.5 Å². The minimum absolute atomic E-state index is 0.314. The van der Waals surface area contributed by atoms with Crippen LogP contribution >= 0.6 is 27.3 Å². The van der Waals surface area contributed by atoms with Crippen LogP contribution < -0.4 is 5.73 Å². The van der Waals surface area contributed by atoms with Crippen LogP contribution in [-0.4, -0.2) is 0 Å². The van der Waals surface area contributed by atoms with Crippen LogP contribution in [0.15, 0.2) is 22.7 Å². The van der Waals surface area contributed by atoms with Gasteiger partial charge in [-0.25, -0.2) is 4.39 Å². The highest BCUT2D eigenvalue weighted by Crippen LogP contribution is 2.39. The van der Waals surface area contributed by atoms with Crippen molar-refractivity contribution in [1.82, 2.24) is 0 Å². The molecule has 2 nitrogen and oxygen atoms in total. The Bertz CT molecular complexity index is 658. The summed E-state index contributed by atoms with van der Waals surface area (Å²) >= 11 is 4.46. The average molecular weight is 339 g/mol. The Hall–Kier alpha value is -1.38. The van der Waals surface area contributed by atoms with E-state index in [9.17, 15) is 4.39 Å². The Kier molecular flexibility index (Phi) is 4.23. The Morgan fingerprint density at radius 3 is 2.79 bits per heavy atom. The predicted octanol–water partition coefficient (Wildman–Crippen LogP) is 4.72. The van der Waals surface area contributed by atoms with E-state index in [0.29, 0.717) is 15.0 Å². The summed E-state index contributed by atoms with van der Waals surface area (Å²) in [4.78, 5) is 1.39. The van der Waals surface area contributed by atoms with Crippen LogP contribution in [0.4, 0.5) is 10.1 Å². The normalized spacial score (nSPS) is 10.4. The summed E-state index contributed by atoms with van der Waals surface area (Å²) in [5.41, 5.74) is 8.24. The van der Waals surface area contributed by atoms with Crippen molar-refractivity contribution in [1.29, 1.82) is 5.26 Å². The smallest absolute Gasteiger partial charge is 0.138 e. The molecule has 2 aromatic rings. The van der Waals surface area contributed by atoms with Gasteiger partial charge in [0.15, 0.2) is 0 Å². The summed E-state index contributed by atoms with van der Waals surface area (Å²) in [6.45, 7) is 2.05. The molecule has 0 atom stereocenters. The molecule has 19 heavy (non-hydrogen) atoms. The topological polar surface area (TPSA) is 49.8 Å². The number of hydrogen-bond acceptors (Lipinski definition) is 3. The molecule has 5 heteroatoms. The van der Waals surface area contributed by atoms with Crippen molar-refractivity contribution in [2.75, 3.05) is 5.73 Å². The van der Waals surface area contributed by atoms with Gasteiger partial charge in [-0.3, -0.25) is 0 Å². The molecule has 1 heterocycles. The number of benzene rings is 1. The maximum Gasteiger partial charge on any atom is 0.138 e. The lowest BCUT2D eigenvalue weighted by Crippen LogP contribution is -1.93. The van der Waals surface area contributed by atoms with Gasteiger partial charge in [-0.2, -0.15) is 5.26 Å². The van der Waals surface area contributed by atoms with E-state index in [1.54, 1.807) is 6.07 Å². The summed E-state index contributed by atoms with van der Waals surface area (Å²) in [5, 5.41) is 9.07. The van der Waals surface area contributed by atoms with Gasteiger partial charge in [0, 0.05) is 4.88 Å². The van der Waals surface area contributed by atoms with Crippen molar-refractivity contribution < 1.29 is 4.39 Å². The van der Waals surface area contributed by atoms with Crippen LogP contribution in [0.2, 0.25) is 0 Å². The van der Waals surface area contributed by atoms with Gasteiger partial charge in [-0.15, -0.1) is 11.3 Å². The van der Waals surface area contributed by atoms with Gasteiger partial charge in [-0.05, 0) is 45.6 Å². The van der Waals surface area contributed by atoms with Gasteiger partial charge in [0.1, 0.15) is 16.8 Å². The third kappa shape index (κ3) is 2.65. The molecule has 2 rings (SSSR count). The van der Waals surface area contributed by atoms with E-state index in [1.807, 2.05) is 6.07 Å². The van der Waals surface area contributed by atoms with E-state index in [1.165, 1.54) is 17.4 Å². The summed E-state index contributed by atoms with van der Waals surface area (Å²) in [6.07, 6.45) is 1.72. The average Bonchev–Trinajstić information content (AvgIpc) is 2.71. The molecule has 0 radical (unpaired) electrons. The Labute approximate surface area is 123 Å². The van der Waals surface area contributed by atoms with Crippen LogP contribution in [0, 0.1) is 17.1 Å². The van der Waals surface area contributed by atoms with Gasteiger partial charge in [0.05, 0.1) is 10.2 Å². The molecule has 1 aromatic heterocycles. The molecule has 0 saturated carbocycles. The summed E-state index contributed by atoms with van der Waals surface area (Å²) < 4.78 is 14.1. The monoisotopic (exact) mass is 338 g/mol. The van der Waals surface area contributed by atoms with Crippen molar-refractivity contribution in [3.63, 3.8) is 0 Å². The van der Waals surface area contributed by atoms with Crippen molar-refractivity contribution in [2.24, 2.45) is 0 Å². The zero-order valence-electron chi connectivity index (χ0n) is 10.3. The molecule has 98 valence electrons. The number of hydrogen-bond donors (Lipinski definition) is 1. The highest BCUT2D eigenvalue weighted by Gasteiger charge is 2.17. The van der Waals surface area contributed by atoms with E-state index in [-0.39, 0.29) is 5.82 Å². The molecular formula is C14H12BrFN2S. The maximum atomic E-state index is 13.6. The van der Waals surface area contributed by atoms with Crippen LogP contribution in [-0.2, 0) is 6.42 Å². The van der Waals surface area contributed by atoms with Crippen molar-refractivity contribution in [2.45, 2.75) is 19.8 Å². The van der Waals surface area contributed by atoms with Crippen LogP contribution in [0.5, 0.6) is 0 Å². The van der Waals surface area contributed by atoms with Crippen LogP contribution in [0.3, 0.4) is 0 Å². The van der Waals surface area contributed by atoms with Gasteiger partial charge < -0.3 is 5.73 Å². The molecular weight excluding hydrogens is 327 g/mol. The third-order valence-electron chi connectivity index (χ3n) is 2.83. The Morgan fingerprint density at radius 2 is 2.21 bits per heavy atom. The van der Waals surface area contributed by atoms with E-state index in [0.717, 1.165) is 28.8 Å². The van der Waals surface area contributed by atoms with Gasteiger partial charge >= 0.3 is 0 Å². The van der Waals surface area contributed by atoms with E-state index < -0.39 is 0 Å². The number of rotatable bonds is 3. The molecule has 0 fully saturated rings. The lowest BCUT2D eigenvalue weighted by Gasteiger charge is -2.05. The number of nitrogens with zero attached hydrogens (tertiary/aromatic N) is 1. The quantitative estimate of drug-likeness (QED) is 0.879. The van der Waals surface area contributed by atoms with Crippen molar-refractivity contribution >= 4 is 33.0 Å². The van der Waals surface area contributed by atoms with Crippen LogP contribution in [0.1, 0.15) is 23.8 Å². The molecule has 0 amide bonds. The van der Waals surface area contributed by atoms with E-state index in [4.69, 9.17) is 11.0 Å². The number of nitriles is 1. The standard InChI is InChI=1S/C14H12BrFN2S/c1-2-3-9-13(18)12(7-17)19-14(9)8-4-5-10(15)11(16)6-8/h4-6H,2-3,18H2,1H3.